The third-order valence-corrected chi connectivity index (χ3v) is 2.59. The number of rotatable bonds is 3. The van der Waals surface area contributed by atoms with E-state index in [0.717, 1.165) is 12.2 Å². The first kappa shape index (κ1) is 9.93. The molecule has 2 aromatic rings. The third-order valence-electron chi connectivity index (χ3n) is 2.59. The molecule has 1 aromatic carbocycles. The number of hydrogen-bond donors (Lipinski definition) is 1. The van der Waals surface area contributed by atoms with Gasteiger partial charge < -0.3 is 10.3 Å². The van der Waals surface area contributed by atoms with Gasteiger partial charge in [0.15, 0.2) is 0 Å². The van der Waals surface area contributed by atoms with Gasteiger partial charge in [-0.3, -0.25) is 0 Å². The van der Waals surface area contributed by atoms with Gasteiger partial charge in [0.25, 0.3) is 0 Å². The van der Waals surface area contributed by atoms with Crippen LogP contribution in [0.3, 0.4) is 0 Å². The average molecular weight is 201 g/mol. The largest absolute Gasteiger partial charge is 0.334 e. The lowest BCUT2D eigenvalue weighted by molar-refractivity contribution is 0.760. The summed E-state index contributed by atoms with van der Waals surface area (Å²) in [7, 11) is 2.01. The normalized spacial score (nSPS) is 10.5. The Kier molecular flexibility index (Phi) is 2.83. The van der Waals surface area contributed by atoms with E-state index in [1.165, 1.54) is 11.3 Å². The average Bonchev–Trinajstić information content (AvgIpc) is 2.62. The number of aromatic nitrogens is 2. The van der Waals surface area contributed by atoms with Gasteiger partial charge in [-0.05, 0) is 5.56 Å². The molecule has 1 aromatic heterocycles. The van der Waals surface area contributed by atoms with E-state index in [-0.39, 0.29) is 0 Å². The zero-order valence-electron chi connectivity index (χ0n) is 8.85. The molecule has 0 aliphatic carbocycles. The summed E-state index contributed by atoms with van der Waals surface area (Å²) in [6.45, 7) is 0.491. The molecule has 15 heavy (non-hydrogen) atoms. The van der Waals surface area contributed by atoms with Crippen LogP contribution in [0.1, 0.15) is 17.1 Å². The molecule has 0 unspecified atom stereocenters. The fraction of sp³-hybridized carbons (Fsp3) is 0.250. The lowest BCUT2D eigenvalue weighted by Crippen LogP contribution is -2.07. The molecule has 0 aliphatic rings. The second kappa shape index (κ2) is 4.28. The predicted molar refractivity (Wildman–Crippen MR) is 60.3 cm³/mol. The summed E-state index contributed by atoms with van der Waals surface area (Å²) in [5, 5.41) is 0. The fourth-order valence-corrected chi connectivity index (χ4v) is 1.65. The van der Waals surface area contributed by atoms with Crippen molar-refractivity contribution in [1.82, 2.24) is 9.55 Å². The maximum absolute atomic E-state index is 5.57. The number of nitrogens with zero attached hydrogens (tertiary/aromatic N) is 2. The summed E-state index contributed by atoms with van der Waals surface area (Å²) in [4.78, 5) is 4.27. The van der Waals surface area contributed by atoms with Crippen LogP contribution in [0.15, 0.2) is 36.5 Å². The molecular weight excluding hydrogens is 186 g/mol. The van der Waals surface area contributed by atoms with E-state index in [2.05, 4.69) is 33.8 Å². The van der Waals surface area contributed by atoms with E-state index in [0.29, 0.717) is 6.54 Å². The number of nitrogens with two attached hydrogens (primary N) is 1. The highest BCUT2D eigenvalue weighted by Crippen LogP contribution is 2.09. The predicted octanol–water partition coefficient (Wildman–Crippen LogP) is 1.47. The molecule has 2 rings (SSSR count). The van der Waals surface area contributed by atoms with Gasteiger partial charge in [-0.15, -0.1) is 0 Å². The molecule has 0 saturated carbocycles. The molecule has 0 saturated heterocycles. The Morgan fingerprint density at radius 1 is 1.27 bits per heavy atom. The molecule has 1 heterocycles. The van der Waals surface area contributed by atoms with Gasteiger partial charge >= 0.3 is 0 Å². The van der Waals surface area contributed by atoms with Crippen molar-refractivity contribution in [3.63, 3.8) is 0 Å². The zero-order valence-corrected chi connectivity index (χ0v) is 8.85. The highest BCUT2D eigenvalue weighted by molar-refractivity contribution is 5.21. The molecule has 0 spiro atoms. The van der Waals surface area contributed by atoms with Crippen molar-refractivity contribution in [2.24, 2.45) is 12.8 Å². The van der Waals surface area contributed by atoms with Crippen molar-refractivity contribution in [2.45, 2.75) is 13.0 Å². The van der Waals surface area contributed by atoms with Crippen LogP contribution in [0.2, 0.25) is 0 Å². The summed E-state index contributed by atoms with van der Waals surface area (Å²) in [6.07, 6.45) is 2.81. The minimum Gasteiger partial charge on any atom is -0.334 e. The van der Waals surface area contributed by atoms with Gasteiger partial charge in [-0.25, -0.2) is 4.98 Å². The van der Waals surface area contributed by atoms with Crippen molar-refractivity contribution in [3.8, 4) is 0 Å². The Hall–Kier alpha value is -1.61. The van der Waals surface area contributed by atoms with Crippen LogP contribution >= 0.6 is 0 Å². The minimum atomic E-state index is 0.491. The van der Waals surface area contributed by atoms with Crippen molar-refractivity contribution >= 4 is 0 Å². The van der Waals surface area contributed by atoms with Gasteiger partial charge in [0.05, 0.1) is 6.54 Å². The summed E-state index contributed by atoms with van der Waals surface area (Å²) < 4.78 is 2.06. The van der Waals surface area contributed by atoms with E-state index in [1.54, 1.807) is 0 Å². The zero-order chi connectivity index (χ0) is 10.7. The summed E-state index contributed by atoms with van der Waals surface area (Å²) in [5.74, 6) is 0.931. The lowest BCUT2D eigenvalue weighted by atomic mass is 10.1. The lowest BCUT2D eigenvalue weighted by Gasteiger charge is -2.04. The van der Waals surface area contributed by atoms with Crippen LogP contribution in [0.5, 0.6) is 0 Å². The molecule has 0 aliphatic heterocycles. The fourth-order valence-electron chi connectivity index (χ4n) is 1.65. The Labute approximate surface area is 89.6 Å². The van der Waals surface area contributed by atoms with Gasteiger partial charge in [0.1, 0.15) is 5.82 Å². The van der Waals surface area contributed by atoms with Crippen molar-refractivity contribution in [3.05, 3.63) is 53.6 Å². The first-order valence-electron chi connectivity index (χ1n) is 5.04. The maximum atomic E-state index is 5.57. The van der Waals surface area contributed by atoms with Gasteiger partial charge in [0.2, 0.25) is 0 Å². The number of imidazole rings is 1. The first-order chi connectivity index (χ1) is 7.31. The molecular formula is C12H15N3. The summed E-state index contributed by atoms with van der Waals surface area (Å²) in [6, 6.07) is 10.4. The van der Waals surface area contributed by atoms with E-state index in [9.17, 15) is 0 Å². The molecule has 3 heteroatoms. The first-order valence-corrected chi connectivity index (χ1v) is 5.04. The monoisotopic (exact) mass is 201 g/mol. The van der Waals surface area contributed by atoms with Gasteiger partial charge in [0, 0.05) is 25.4 Å². The Bertz CT molecular complexity index is 431. The topological polar surface area (TPSA) is 43.8 Å². The van der Waals surface area contributed by atoms with Crippen LogP contribution in [-0.4, -0.2) is 9.55 Å². The van der Waals surface area contributed by atoms with Crippen molar-refractivity contribution in [1.29, 1.82) is 0 Å². The molecule has 3 nitrogen and oxygen atoms in total. The molecule has 0 bridgehead atoms. The van der Waals surface area contributed by atoms with Gasteiger partial charge in [-0.2, -0.15) is 0 Å². The Morgan fingerprint density at radius 3 is 2.60 bits per heavy atom. The van der Waals surface area contributed by atoms with Crippen LogP contribution in [0, 0.1) is 0 Å². The van der Waals surface area contributed by atoms with Crippen LogP contribution in [0.4, 0.5) is 0 Å². The van der Waals surface area contributed by atoms with Crippen LogP contribution < -0.4 is 5.73 Å². The molecule has 0 radical (unpaired) electrons. The number of benzene rings is 1. The summed E-state index contributed by atoms with van der Waals surface area (Å²) >= 11 is 0. The van der Waals surface area contributed by atoms with E-state index in [1.807, 2.05) is 19.3 Å². The van der Waals surface area contributed by atoms with Crippen molar-refractivity contribution < 1.29 is 0 Å². The van der Waals surface area contributed by atoms with E-state index >= 15 is 0 Å². The SMILES string of the molecule is Cn1c(Cc2ccccc2)cnc1CN. The smallest absolute Gasteiger partial charge is 0.122 e. The maximum Gasteiger partial charge on any atom is 0.122 e. The van der Waals surface area contributed by atoms with Gasteiger partial charge in [-0.1, -0.05) is 30.3 Å². The minimum absolute atomic E-state index is 0.491. The third kappa shape index (κ3) is 2.07. The van der Waals surface area contributed by atoms with Crippen LogP contribution in [-0.2, 0) is 20.0 Å². The van der Waals surface area contributed by atoms with Crippen molar-refractivity contribution in [2.75, 3.05) is 0 Å². The number of hydrogen-bond acceptors (Lipinski definition) is 2. The second-order valence-electron chi connectivity index (χ2n) is 3.59. The van der Waals surface area contributed by atoms with E-state index < -0.39 is 0 Å². The molecule has 0 atom stereocenters. The standard InChI is InChI=1S/C12H15N3/c1-15-11(9-14-12(15)8-13)7-10-5-3-2-4-6-10/h2-6,9H,7-8,13H2,1H3. The highest BCUT2D eigenvalue weighted by atomic mass is 15.1. The second-order valence-corrected chi connectivity index (χ2v) is 3.59. The Morgan fingerprint density at radius 2 is 2.00 bits per heavy atom. The Balaban J connectivity index is 2.21. The van der Waals surface area contributed by atoms with Crippen LogP contribution in [0.25, 0.3) is 0 Å². The quantitative estimate of drug-likeness (QED) is 0.817. The molecule has 0 fully saturated rings. The molecule has 0 amide bonds. The van der Waals surface area contributed by atoms with E-state index in [4.69, 9.17) is 5.73 Å². The highest BCUT2D eigenvalue weighted by Gasteiger charge is 2.04. The molecule has 78 valence electrons. The molecule has 2 N–H and O–H groups in total. The summed E-state index contributed by atoms with van der Waals surface area (Å²) in [5.41, 5.74) is 8.07.